The summed E-state index contributed by atoms with van der Waals surface area (Å²) in [4.78, 5) is 38.2. The fourth-order valence-corrected chi connectivity index (χ4v) is 5.16. The summed E-state index contributed by atoms with van der Waals surface area (Å²) in [5, 5.41) is 0. The summed E-state index contributed by atoms with van der Waals surface area (Å²) in [6.45, 7) is 1.33. The number of amides is 2. The summed E-state index contributed by atoms with van der Waals surface area (Å²) < 4.78 is 5.00. The lowest BCUT2D eigenvalue weighted by Gasteiger charge is -2.21. The van der Waals surface area contributed by atoms with Crippen LogP contribution in [0.1, 0.15) is 19.8 Å². The number of carbonyl (C=O) groups is 3. The van der Waals surface area contributed by atoms with Gasteiger partial charge in [-0.15, -0.1) is 0 Å². The highest BCUT2D eigenvalue weighted by Gasteiger charge is 2.73. The molecule has 5 heteroatoms. The molecule has 24 heavy (non-hydrogen) atoms. The second kappa shape index (κ2) is 4.35. The first kappa shape index (κ1) is 14.0. The number of anilines is 1. The molecule has 3 fully saturated rings. The molecule has 5 nitrogen and oxygen atoms in total. The zero-order valence-electron chi connectivity index (χ0n) is 13.3. The minimum Gasteiger partial charge on any atom is -0.427 e. The van der Waals surface area contributed by atoms with Crippen LogP contribution in [0.2, 0.25) is 0 Å². The minimum absolute atomic E-state index is 0.0756. The number of rotatable bonds is 2. The standard InChI is InChI=1S/C19H17NO4/c1-10(21)24-12-4-2-11(3-5-12)20-17(22)15-13-6-7-14(16(15)18(20)23)19(13)8-9-19/h2-7,13-16H,8-9H2,1H3/t13-,14-,15-,16+/m0/s1. The lowest BCUT2D eigenvalue weighted by molar-refractivity contribution is -0.132. The van der Waals surface area contributed by atoms with E-state index in [0.29, 0.717) is 11.4 Å². The van der Waals surface area contributed by atoms with Gasteiger partial charge in [0, 0.05) is 6.92 Å². The molecule has 0 unspecified atom stereocenters. The number of hydrogen-bond donors (Lipinski definition) is 0. The van der Waals surface area contributed by atoms with Crippen molar-refractivity contribution < 1.29 is 19.1 Å². The van der Waals surface area contributed by atoms with E-state index >= 15 is 0 Å². The van der Waals surface area contributed by atoms with Gasteiger partial charge in [0.1, 0.15) is 5.75 Å². The van der Waals surface area contributed by atoms with E-state index in [9.17, 15) is 14.4 Å². The molecule has 0 N–H and O–H groups in total. The van der Waals surface area contributed by atoms with Gasteiger partial charge in [0.25, 0.3) is 0 Å². The van der Waals surface area contributed by atoms with Crippen LogP contribution < -0.4 is 9.64 Å². The summed E-state index contributed by atoms with van der Waals surface area (Å²) in [6, 6.07) is 6.55. The summed E-state index contributed by atoms with van der Waals surface area (Å²) in [7, 11) is 0. The maximum Gasteiger partial charge on any atom is 0.308 e. The molecule has 2 amide bonds. The minimum atomic E-state index is -0.400. The van der Waals surface area contributed by atoms with Crippen LogP contribution in [0, 0.1) is 29.1 Å². The quantitative estimate of drug-likeness (QED) is 0.363. The molecule has 1 spiro atoms. The molecule has 3 aliphatic carbocycles. The summed E-state index contributed by atoms with van der Waals surface area (Å²) >= 11 is 0. The number of ether oxygens (including phenoxy) is 1. The maximum atomic E-state index is 13.0. The Bertz CT molecular complexity index is 771. The van der Waals surface area contributed by atoms with Crippen LogP contribution in [-0.2, 0) is 14.4 Å². The molecule has 2 bridgehead atoms. The van der Waals surface area contributed by atoms with Crippen molar-refractivity contribution in [3.8, 4) is 5.75 Å². The van der Waals surface area contributed by atoms with Crippen molar-refractivity contribution in [1.29, 1.82) is 0 Å². The zero-order chi connectivity index (χ0) is 16.6. The normalized spacial score (nSPS) is 34.1. The van der Waals surface area contributed by atoms with Crippen molar-refractivity contribution in [2.75, 3.05) is 4.90 Å². The fraction of sp³-hybridized carbons (Fsp3) is 0.421. The van der Waals surface area contributed by atoms with E-state index in [0.717, 1.165) is 12.8 Å². The van der Waals surface area contributed by atoms with E-state index in [4.69, 9.17) is 4.74 Å². The third-order valence-corrected chi connectivity index (χ3v) is 6.21. The molecule has 0 aromatic heterocycles. The van der Waals surface area contributed by atoms with Gasteiger partial charge >= 0.3 is 5.97 Å². The number of hydrogen-bond acceptors (Lipinski definition) is 4. The number of nitrogens with zero attached hydrogens (tertiary/aromatic N) is 1. The van der Waals surface area contributed by atoms with Gasteiger partial charge in [-0.25, -0.2) is 0 Å². The van der Waals surface area contributed by atoms with Crippen molar-refractivity contribution in [3.05, 3.63) is 36.4 Å². The number of esters is 1. The zero-order valence-corrected chi connectivity index (χ0v) is 13.3. The van der Waals surface area contributed by atoms with Gasteiger partial charge in [-0.3, -0.25) is 19.3 Å². The lowest BCUT2D eigenvalue weighted by atomic mass is 9.85. The van der Waals surface area contributed by atoms with E-state index in [-0.39, 0.29) is 40.9 Å². The Kier molecular flexibility index (Phi) is 2.53. The first-order chi connectivity index (χ1) is 11.5. The molecular formula is C19H17NO4. The highest BCUT2D eigenvalue weighted by molar-refractivity contribution is 6.23. The third-order valence-electron chi connectivity index (χ3n) is 6.21. The smallest absolute Gasteiger partial charge is 0.308 e. The highest BCUT2D eigenvalue weighted by Crippen LogP contribution is 2.73. The molecule has 1 saturated heterocycles. The van der Waals surface area contributed by atoms with E-state index in [1.54, 1.807) is 24.3 Å². The number of benzene rings is 1. The second-order valence-electron chi connectivity index (χ2n) is 7.32. The van der Waals surface area contributed by atoms with E-state index < -0.39 is 5.97 Å². The Balaban J connectivity index is 1.46. The van der Waals surface area contributed by atoms with Crippen molar-refractivity contribution >= 4 is 23.5 Å². The van der Waals surface area contributed by atoms with Gasteiger partial charge in [-0.1, -0.05) is 12.2 Å². The van der Waals surface area contributed by atoms with Gasteiger partial charge in [-0.2, -0.15) is 0 Å². The van der Waals surface area contributed by atoms with E-state index in [1.807, 2.05) is 0 Å². The van der Waals surface area contributed by atoms with Gasteiger partial charge in [0.15, 0.2) is 0 Å². The summed E-state index contributed by atoms with van der Waals surface area (Å²) in [5.74, 6) is -0.0660. The molecule has 1 aliphatic heterocycles. The van der Waals surface area contributed by atoms with Crippen molar-refractivity contribution in [2.24, 2.45) is 29.1 Å². The number of imide groups is 1. The fourth-order valence-electron chi connectivity index (χ4n) is 5.16. The van der Waals surface area contributed by atoms with E-state index in [2.05, 4.69) is 12.2 Å². The van der Waals surface area contributed by atoms with E-state index in [1.165, 1.54) is 11.8 Å². The Morgan fingerprint density at radius 1 is 1.04 bits per heavy atom. The first-order valence-corrected chi connectivity index (χ1v) is 8.37. The van der Waals surface area contributed by atoms with Crippen molar-refractivity contribution in [2.45, 2.75) is 19.8 Å². The lowest BCUT2D eigenvalue weighted by Crippen LogP contribution is -2.34. The van der Waals surface area contributed by atoms with Crippen LogP contribution >= 0.6 is 0 Å². The maximum absolute atomic E-state index is 13.0. The first-order valence-electron chi connectivity index (χ1n) is 8.37. The molecule has 1 aromatic carbocycles. The third kappa shape index (κ3) is 1.57. The van der Waals surface area contributed by atoms with Gasteiger partial charge in [0.05, 0.1) is 17.5 Å². The Morgan fingerprint density at radius 2 is 1.58 bits per heavy atom. The highest BCUT2D eigenvalue weighted by atomic mass is 16.5. The average Bonchev–Trinajstić information content (AvgIpc) is 3.14. The van der Waals surface area contributed by atoms with Crippen LogP contribution in [0.15, 0.2) is 36.4 Å². The Hall–Kier alpha value is -2.43. The molecule has 0 radical (unpaired) electrons. The molecule has 1 aromatic rings. The molecule has 4 atom stereocenters. The van der Waals surface area contributed by atoms with Crippen LogP contribution in [0.5, 0.6) is 5.75 Å². The topological polar surface area (TPSA) is 63.7 Å². The monoisotopic (exact) mass is 323 g/mol. The summed E-state index contributed by atoms with van der Waals surface area (Å²) in [5.41, 5.74) is 0.769. The molecule has 5 rings (SSSR count). The molecule has 2 saturated carbocycles. The molecule has 1 heterocycles. The average molecular weight is 323 g/mol. The van der Waals surface area contributed by atoms with Crippen molar-refractivity contribution in [3.63, 3.8) is 0 Å². The predicted octanol–water partition coefficient (Wildman–Crippen LogP) is 2.31. The van der Waals surface area contributed by atoms with Gasteiger partial charge < -0.3 is 4.74 Å². The largest absolute Gasteiger partial charge is 0.427 e. The SMILES string of the molecule is CC(=O)Oc1ccc(N2C(=O)[C@@H]3[C@H](C2=O)[C@@H]2C=C[C@@H]3C23CC3)cc1. The van der Waals surface area contributed by atoms with Crippen LogP contribution in [-0.4, -0.2) is 17.8 Å². The van der Waals surface area contributed by atoms with Crippen molar-refractivity contribution in [1.82, 2.24) is 0 Å². The van der Waals surface area contributed by atoms with Gasteiger partial charge in [-0.05, 0) is 54.4 Å². The van der Waals surface area contributed by atoms with Crippen LogP contribution in [0.25, 0.3) is 0 Å². The summed E-state index contributed by atoms with van der Waals surface area (Å²) in [6.07, 6.45) is 6.61. The van der Waals surface area contributed by atoms with Crippen LogP contribution in [0.3, 0.4) is 0 Å². The molecule has 122 valence electrons. The van der Waals surface area contributed by atoms with Gasteiger partial charge in [0.2, 0.25) is 11.8 Å². The number of carbonyl (C=O) groups excluding carboxylic acids is 3. The molecular weight excluding hydrogens is 306 g/mol. The molecule has 4 aliphatic rings. The Labute approximate surface area is 139 Å². The number of allylic oxidation sites excluding steroid dienone is 2. The van der Waals surface area contributed by atoms with Crippen LogP contribution in [0.4, 0.5) is 5.69 Å². The Morgan fingerprint density at radius 3 is 2.04 bits per heavy atom. The predicted molar refractivity (Wildman–Crippen MR) is 85.0 cm³/mol. The number of fused-ring (bicyclic) bond motifs is 3. The second-order valence-corrected chi connectivity index (χ2v) is 7.32.